The number of anilines is 2. The Labute approximate surface area is 182 Å². The first-order valence-corrected chi connectivity index (χ1v) is 11.2. The van der Waals surface area contributed by atoms with Crippen LogP contribution in [0.2, 0.25) is 0 Å². The molecule has 2 aromatic heterocycles. The molecule has 0 aliphatic carbocycles. The molecule has 7 heteroatoms. The summed E-state index contributed by atoms with van der Waals surface area (Å²) in [5.41, 5.74) is 4.39. The average Bonchev–Trinajstić information content (AvgIpc) is 3.42. The Balaban J connectivity index is 1.44. The Morgan fingerprint density at radius 3 is 2.57 bits per heavy atom. The van der Waals surface area contributed by atoms with Crippen LogP contribution < -0.4 is 10.6 Å². The highest BCUT2D eigenvalue weighted by atomic mass is 32.1. The maximum atomic E-state index is 12.6. The van der Waals surface area contributed by atoms with Crippen LogP contribution in [0.5, 0.6) is 0 Å². The number of amides is 2. The van der Waals surface area contributed by atoms with E-state index in [0.29, 0.717) is 11.3 Å². The first-order valence-electron chi connectivity index (χ1n) is 9.33. The van der Waals surface area contributed by atoms with Crippen molar-refractivity contribution in [2.75, 3.05) is 10.6 Å². The minimum Gasteiger partial charge on any atom is -0.325 e. The number of thiophene rings is 1. The highest BCUT2D eigenvalue weighted by Gasteiger charge is 2.15. The lowest BCUT2D eigenvalue weighted by Crippen LogP contribution is -2.18. The Morgan fingerprint density at radius 1 is 0.967 bits per heavy atom. The van der Waals surface area contributed by atoms with Crippen LogP contribution in [-0.2, 0) is 11.2 Å². The van der Waals surface area contributed by atoms with Gasteiger partial charge >= 0.3 is 0 Å². The number of carbonyl (C=O) groups is 2. The van der Waals surface area contributed by atoms with Crippen LogP contribution in [0.4, 0.5) is 11.4 Å². The number of rotatable bonds is 6. The van der Waals surface area contributed by atoms with Crippen molar-refractivity contribution in [2.24, 2.45) is 0 Å². The highest BCUT2D eigenvalue weighted by Crippen LogP contribution is 2.26. The van der Waals surface area contributed by atoms with E-state index in [1.54, 1.807) is 29.5 Å². The van der Waals surface area contributed by atoms with Crippen molar-refractivity contribution < 1.29 is 9.59 Å². The van der Waals surface area contributed by atoms with Gasteiger partial charge in [-0.25, -0.2) is 4.98 Å². The molecule has 0 saturated heterocycles. The van der Waals surface area contributed by atoms with E-state index in [4.69, 9.17) is 0 Å². The standard InChI is InChI=1S/C23H19N3O2S2/c1-15-19(22(28)24-17-6-3-2-4-7-17)8-5-9-20(15)26-21(27)12-18-14-30-23(25-18)16-10-11-29-13-16/h2-11,13-14H,12H2,1H3,(H,24,28)(H,26,27). The van der Waals surface area contributed by atoms with E-state index in [1.165, 1.54) is 11.3 Å². The molecule has 0 atom stereocenters. The van der Waals surface area contributed by atoms with Gasteiger partial charge in [-0.15, -0.1) is 11.3 Å². The van der Waals surface area contributed by atoms with Crippen molar-refractivity contribution in [1.82, 2.24) is 4.98 Å². The molecule has 2 aromatic carbocycles. The Morgan fingerprint density at radius 2 is 1.80 bits per heavy atom. The summed E-state index contributed by atoms with van der Waals surface area (Å²) in [6, 6.07) is 16.6. The third kappa shape index (κ3) is 4.64. The molecule has 30 heavy (non-hydrogen) atoms. The SMILES string of the molecule is Cc1c(NC(=O)Cc2csc(-c3ccsc3)n2)cccc1C(=O)Nc1ccccc1. The van der Waals surface area contributed by atoms with E-state index < -0.39 is 0 Å². The fourth-order valence-corrected chi connectivity index (χ4v) is 4.53. The number of benzene rings is 2. The van der Waals surface area contributed by atoms with E-state index in [2.05, 4.69) is 15.6 Å². The average molecular weight is 434 g/mol. The third-order valence-corrected chi connectivity index (χ3v) is 6.17. The largest absolute Gasteiger partial charge is 0.325 e. The van der Waals surface area contributed by atoms with Gasteiger partial charge in [-0.2, -0.15) is 11.3 Å². The van der Waals surface area contributed by atoms with Crippen LogP contribution in [0, 0.1) is 6.92 Å². The molecule has 0 unspecified atom stereocenters. The summed E-state index contributed by atoms with van der Waals surface area (Å²) in [5, 5.41) is 12.6. The molecule has 4 rings (SSSR count). The quantitative estimate of drug-likeness (QED) is 0.415. The molecular weight excluding hydrogens is 414 g/mol. The third-order valence-electron chi connectivity index (χ3n) is 4.55. The predicted octanol–water partition coefficient (Wildman–Crippen LogP) is 5.61. The fourth-order valence-electron chi connectivity index (χ4n) is 3.00. The molecule has 4 aromatic rings. The molecule has 5 nitrogen and oxygen atoms in total. The number of nitrogens with one attached hydrogen (secondary N) is 2. The smallest absolute Gasteiger partial charge is 0.256 e. The summed E-state index contributed by atoms with van der Waals surface area (Å²) in [4.78, 5) is 29.8. The van der Waals surface area contributed by atoms with Crippen LogP contribution in [0.25, 0.3) is 10.6 Å². The van der Waals surface area contributed by atoms with E-state index in [9.17, 15) is 9.59 Å². The van der Waals surface area contributed by atoms with E-state index in [-0.39, 0.29) is 18.2 Å². The van der Waals surface area contributed by atoms with Crippen LogP contribution in [-0.4, -0.2) is 16.8 Å². The van der Waals surface area contributed by atoms with Crippen LogP contribution >= 0.6 is 22.7 Å². The molecule has 0 fully saturated rings. The predicted molar refractivity (Wildman–Crippen MR) is 123 cm³/mol. The Kier molecular flexibility index (Phi) is 6.02. The Hall–Kier alpha value is -3.29. The minimum absolute atomic E-state index is 0.166. The summed E-state index contributed by atoms with van der Waals surface area (Å²) in [7, 11) is 0. The van der Waals surface area contributed by atoms with Crippen molar-refractivity contribution in [3.63, 3.8) is 0 Å². The van der Waals surface area contributed by atoms with Crippen LogP contribution in [0.15, 0.2) is 70.7 Å². The monoisotopic (exact) mass is 433 g/mol. The second kappa shape index (κ2) is 9.02. The topological polar surface area (TPSA) is 71.1 Å². The first-order chi connectivity index (χ1) is 14.6. The van der Waals surface area contributed by atoms with Gasteiger partial charge in [0.05, 0.1) is 12.1 Å². The highest BCUT2D eigenvalue weighted by molar-refractivity contribution is 7.14. The van der Waals surface area contributed by atoms with Gasteiger partial charge in [-0.05, 0) is 48.2 Å². The molecule has 2 amide bonds. The zero-order chi connectivity index (χ0) is 20.9. The molecule has 0 aliphatic rings. The van der Waals surface area contributed by atoms with Gasteiger partial charge in [-0.1, -0.05) is 24.3 Å². The molecule has 150 valence electrons. The van der Waals surface area contributed by atoms with Gasteiger partial charge in [0.2, 0.25) is 5.91 Å². The molecule has 0 aliphatic heterocycles. The number of thiazole rings is 1. The zero-order valence-electron chi connectivity index (χ0n) is 16.2. The number of aromatic nitrogens is 1. The lowest BCUT2D eigenvalue weighted by atomic mass is 10.1. The van der Waals surface area contributed by atoms with Crippen molar-refractivity contribution >= 4 is 45.9 Å². The van der Waals surface area contributed by atoms with E-state index >= 15 is 0 Å². The lowest BCUT2D eigenvalue weighted by molar-refractivity contribution is -0.115. The molecule has 2 N–H and O–H groups in total. The molecule has 0 spiro atoms. The number of hydrogen-bond acceptors (Lipinski definition) is 5. The van der Waals surface area contributed by atoms with Crippen LogP contribution in [0.3, 0.4) is 0 Å². The van der Waals surface area contributed by atoms with Gasteiger partial charge < -0.3 is 10.6 Å². The Bertz CT molecular complexity index is 1170. The number of para-hydroxylation sites is 1. The van der Waals surface area contributed by atoms with Gasteiger partial charge in [-0.3, -0.25) is 9.59 Å². The second-order valence-corrected chi connectivity index (χ2v) is 8.32. The maximum Gasteiger partial charge on any atom is 0.256 e. The molecule has 0 radical (unpaired) electrons. The summed E-state index contributed by atoms with van der Waals surface area (Å²) in [6.07, 6.45) is 0.181. The summed E-state index contributed by atoms with van der Waals surface area (Å²) < 4.78 is 0. The van der Waals surface area contributed by atoms with Gasteiger partial charge in [0, 0.05) is 33.3 Å². The van der Waals surface area contributed by atoms with Gasteiger partial charge in [0.1, 0.15) is 5.01 Å². The lowest BCUT2D eigenvalue weighted by Gasteiger charge is -2.12. The summed E-state index contributed by atoms with van der Waals surface area (Å²) in [6.45, 7) is 1.83. The molecule has 0 bridgehead atoms. The normalized spacial score (nSPS) is 10.6. The van der Waals surface area contributed by atoms with Crippen molar-refractivity contribution in [3.8, 4) is 10.6 Å². The molecular formula is C23H19N3O2S2. The van der Waals surface area contributed by atoms with Crippen LogP contribution in [0.1, 0.15) is 21.6 Å². The van der Waals surface area contributed by atoms with E-state index in [1.807, 2.05) is 59.5 Å². The first kappa shape index (κ1) is 20.0. The van der Waals surface area contributed by atoms with Gasteiger partial charge in [0.15, 0.2) is 0 Å². The summed E-state index contributed by atoms with van der Waals surface area (Å²) in [5.74, 6) is -0.379. The molecule has 2 heterocycles. The molecule has 0 saturated carbocycles. The van der Waals surface area contributed by atoms with Crippen molar-refractivity contribution in [2.45, 2.75) is 13.3 Å². The zero-order valence-corrected chi connectivity index (χ0v) is 17.8. The number of hydrogen-bond donors (Lipinski definition) is 2. The fraction of sp³-hybridized carbons (Fsp3) is 0.0870. The number of nitrogens with zero attached hydrogens (tertiary/aromatic N) is 1. The van der Waals surface area contributed by atoms with E-state index in [0.717, 1.165) is 27.5 Å². The van der Waals surface area contributed by atoms with Gasteiger partial charge in [0.25, 0.3) is 5.91 Å². The van der Waals surface area contributed by atoms with Crippen molar-refractivity contribution in [3.05, 3.63) is 87.6 Å². The van der Waals surface area contributed by atoms with Crippen molar-refractivity contribution in [1.29, 1.82) is 0 Å². The minimum atomic E-state index is -0.213. The number of carbonyl (C=O) groups excluding carboxylic acids is 2. The maximum absolute atomic E-state index is 12.6. The second-order valence-electron chi connectivity index (χ2n) is 6.68. The summed E-state index contributed by atoms with van der Waals surface area (Å²) >= 11 is 3.15.